The molecule has 1 rings (SSSR count). The summed E-state index contributed by atoms with van der Waals surface area (Å²) in [5.74, 6) is 0.875. The van der Waals surface area contributed by atoms with E-state index < -0.39 is 0 Å². The van der Waals surface area contributed by atoms with E-state index in [4.69, 9.17) is 4.74 Å². The van der Waals surface area contributed by atoms with Crippen LogP contribution in [0.2, 0.25) is 0 Å². The van der Waals surface area contributed by atoms with Gasteiger partial charge in [-0.2, -0.15) is 0 Å². The average Bonchev–Trinajstić information content (AvgIpc) is 2.39. The lowest BCUT2D eigenvalue weighted by Gasteiger charge is -2.07. The molecule has 0 bridgehead atoms. The predicted octanol–water partition coefficient (Wildman–Crippen LogP) is 1.53. The summed E-state index contributed by atoms with van der Waals surface area (Å²) in [6.45, 7) is 3.25. The van der Waals surface area contributed by atoms with Gasteiger partial charge in [-0.3, -0.25) is 0 Å². The second-order valence-corrected chi connectivity index (χ2v) is 4.02. The van der Waals surface area contributed by atoms with Crippen LogP contribution in [0.15, 0.2) is 24.3 Å². The summed E-state index contributed by atoms with van der Waals surface area (Å²) in [5, 5.41) is 7.94. The van der Waals surface area contributed by atoms with Gasteiger partial charge in [-0.15, -0.1) is 0 Å². The molecule has 0 fully saturated rings. The fraction of sp³-hybridized carbons (Fsp3) is 0.500. The average molecular weight is 267 g/mol. The van der Waals surface area contributed by atoms with Gasteiger partial charge in [-0.05, 0) is 45.1 Å². The minimum Gasteiger partial charge on any atom is -0.494 e. The molecule has 0 heterocycles. The smallest absolute Gasteiger partial charge is 0.314 e. The summed E-state index contributed by atoms with van der Waals surface area (Å²) in [6, 6.07) is 7.76. The Morgan fingerprint density at radius 1 is 1.26 bits per heavy atom. The number of rotatable bonds is 5. The Bertz CT molecular complexity index is 356. The van der Waals surface area contributed by atoms with Crippen LogP contribution in [0.5, 0.6) is 5.75 Å². The van der Waals surface area contributed by atoms with Crippen LogP contribution >= 0.6 is 0 Å². The first-order valence-electron chi connectivity index (χ1n) is 6.37. The van der Waals surface area contributed by atoms with Gasteiger partial charge >= 0.3 is 6.03 Å². The molecule has 1 aromatic carbocycles. The van der Waals surface area contributed by atoms with E-state index in [9.17, 15) is 4.79 Å². The minimum absolute atomic E-state index is 0.157. The number of amides is 2. The fourth-order valence-corrected chi connectivity index (χ4v) is 1.26. The number of aryl methyl sites for hydroxylation is 1. The highest BCUT2D eigenvalue weighted by molar-refractivity contribution is 5.73. The third-order valence-electron chi connectivity index (χ3n) is 2.09. The van der Waals surface area contributed by atoms with Gasteiger partial charge in [0.2, 0.25) is 0 Å². The van der Waals surface area contributed by atoms with Crippen LogP contribution in [0.4, 0.5) is 4.79 Å². The molecule has 5 heteroatoms. The molecule has 0 radical (unpaired) electrons. The van der Waals surface area contributed by atoms with E-state index in [0.717, 1.165) is 12.2 Å². The van der Waals surface area contributed by atoms with E-state index >= 15 is 0 Å². The molecule has 0 spiro atoms. The highest BCUT2D eigenvalue weighted by atomic mass is 16.5. The van der Waals surface area contributed by atoms with E-state index in [0.29, 0.717) is 13.2 Å². The minimum atomic E-state index is -0.157. The topological polar surface area (TPSA) is 62.4 Å². The summed E-state index contributed by atoms with van der Waals surface area (Å²) < 4.78 is 5.53. The molecular weight excluding hydrogens is 242 g/mol. The SMILES string of the molecule is CNC.CNC(=O)NCCCOc1cccc(C)c1. The number of carbonyl (C=O) groups excluding carboxylic acids is 1. The number of hydrogen-bond donors (Lipinski definition) is 3. The van der Waals surface area contributed by atoms with Crippen molar-refractivity contribution < 1.29 is 9.53 Å². The Labute approximate surface area is 115 Å². The van der Waals surface area contributed by atoms with E-state index in [1.807, 2.05) is 45.3 Å². The van der Waals surface area contributed by atoms with Crippen LogP contribution < -0.4 is 20.7 Å². The Morgan fingerprint density at radius 3 is 2.53 bits per heavy atom. The van der Waals surface area contributed by atoms with Crippen molar-refractivity contribution in [3.8, 4) is 5.75 Å². The molecule has 108 valence electrons. The van der Waals surface area contributed by atoms with Crippen molar-refractivity contribution in [1.82, 2.24) is 16.0 Å². The van der Waals surface area contributed by atoms with Gasteiger partial charge in [0, 0.05) is 13.6 Å². The van der Waals surface area contributed by atoms with E-state index in [1.54, 1.807) is 7.05 Å². The molecule has 19 heavy (non-hydrogen) atoms. The summed E-state index contributed by atoms with van der Waals surface area (Å²) in [7, 11) is 5.35. The van der Waals surface area contributed by atoms with Gasteiger partial charge in [0.05, 0.1) is 6.61 Å². The number of benzene rings is 1. The molecule has 0 unspecified atom stereocenters. The van der Waals surface area contributed by atoms with Gasteiger partial charge in [0.15, 0.2) is 0 Å². The van der Waals surface area contributed by atoms with E-state index in [1.165, 1.54) is 5.56 Å². The monoisotopic (exact) mass is 267 g/mol. The third kappa shape index (κ3) is 9.91. The maximum Gasteiger partial charge on any atom is 0.314 e. The zero-order chi connectivity index (χ0) is 14.5. The van der Waals surface area contributed by atoms with E-state index in [2.05, 4.69) is 16.0 Å². The van der Waals surface area contributed by atoms with Gasteiger partial charge in [0.25, 0.3) is 0 Å². The Kier molecular flexibility index (Phi) is 10.3. The maximum absolute atomic E-state index is 10.8. The lowest BCUT2D eigenvalue weighted by Crippen LogP contribution is -2.33. The van der Waals surface area contributed by atoms with Gasteiger partial charge in [-0.1, -0.05) is 12.1 Å². The molecule has 1 aromatic rings. The maximum atomic E-state index is 10.8. The molecule has 0 aliphatic rings. The van der Waals surface area contributed by atoms with Crippen molar-refractivity contribution in [2.24, 2.45) is 0 Å². The van der Waals surface area contributed by atoms with Gasteiger partial charge in [0.1, 0.15) is 5.75 Å². The summed E-state index contributed by atoms with van der Waals surface area (Å²) in [5.41, 5.74) is 1.18. The number of hydrogen-bond acceptors (Lipinski definition) is 3. The standard InChI is InChI=1S/C12H18N2O2.C2H7N/c1-10-5-3-6-11(9-10)16-8-4-7-14-12(15)13-2;1-3-2/h3,5-6,9H,4,7-8H2,1-2H3,(H2,13,14,15);3H,1-2H3. The van der Waals surface area contributed by atoms with Crippen molar-refractivity contribution >= 4 is 6.03 Å². The second-order valence-electron chi connectivity index (χ2n) is 4.02. The fourth-order valence-electron chi connectivity index (χ4n) is 1.26. The molecule has 0 saturated heterocycles. The number of carbonyl (C=O) groups is 1. The Hall–Kier alpha value is -1.75. The summed E-state index contributed by atoms with van der Waals surface area (Å²) in [6.07, 6.45) is 0.793. The molecular formula is C14H25N3O2. The molecule has 0 aliphatic carbocycles. The molecule has 3 N–H and O–H groups in total. The lowest BCUT2D eigenvalue weighted by molar-refractivity contribution is 0.241. The van der Waals surface area contributed by atoms with Crippen molar-refractivity contribution in [2.45, 2.75) is 13.3 Å². The number of nitrogens with one attached hydrogen (secondary N) is 3. The number of urea groups is 1. The third-order valence-corrected chi connectivity index (χ3v) is 2.09. The quantitative estimate of drug-likeness (QED) is 0.709. The highest BCUT2D eigenvalue weighted by Gasteiger charge is 1.96. The van der Waals surface area contributed by atoms with Gasteiger partial charge in [-0.25, -0.2) is 4.79 Å². The second kappa shape index (κ2) is 11.3. The Balaban J connectivity index is 0.000000982. The lowest BCUT2D eigenvalue weighted by atomic mass is 10.2. The number of ether oxygens (including phenoxy) is 1. The van der Waals surface area contributed by atoms with Crippen molar-refractivity contribution in [2.75, 3.05) is 34.3 Å². The summed E-state index contributed by atoms with van der Waals surface area (Å²) in [4.78, 5) is 10.8. The molecule has 0 aliphatic heterocycles. The van der Waals surface area contributed by atoms with Crippen molar-refractivity contribution in [3.63, 3.8) is 0 Å². The van der Waals surface area contributed by atoms with Crippen LogP contribution in [0.1, 0.15) is 12.0 Å². The Morgan fingerprint density at radius 2 is 1.95 bits per heavy atom. The molecule has 0 aromatic heterocycles. The van der Waals surface area contributed by atoms with Crippen LogP contribution in [0, 0.1) is 6.92 Å². The molecule has 0 saturated carbocycles. The van der Waals surface area contributed by atoms with Crippen LogP contribution in [0.3, 0.4) is 0 Å². The molecule has 5 nitrogen and oxygen atoms in total. The first-order valence-corrected chi connectivity index (χ1v) is 6.37. The normalized spacial score (nSPS) is 9.05. The van der Waals surface area contributed by atoms with Gasteiger partial charge < -0.3 is 20.7 Å². The molecule has 2 amide bonds. The first kappa shape index (κ1) is 17.2. The van der Waals surface area contributed by atoms with E-state index in [-0.39, 0.29) is 6.03 Å². The highest BCUT2D eigenvalue weighted by Crippen LogP contribution is 2.12. The van der Waals surface area contributed by atoms with Crippen LogP contribution in [-0.2, 0) is 0 Å². The van der Waals surface area contributed by atoms with Crippen molar-refractivity contribution in [3.05, 3.63) is 29.8 Å². The largest absolute Gasteiger partial charge is 0.494 e. The zero-order valence-corrected chi connectivity index (χ0v) is 12.2. The zero-order valence-electron chi connectivity index (χ0n) is 12.2. The molecule has 0 atom stereocenters. The van der Waals surface area contributed by atoms with Crippen LogP contribution in [0.25, 0.3) is 0 Å². The predicted molar refractivity (Wildman–Crippen MR) is 78.7 cm³/mol. The van der Waals surface area contributed by atoms with Crippen LogP contribution in [-0.4, -0.2) is 40.3 Å². The van der Waals surface area contributed by atoms with Crippen molar-refractivity contribution in [1.29, 1.82) is 0 Å². The summed E-state index contributed by atoms with van der Waals surface area (Å²) >= 11 is 0. The first-order chi connectivity index (χ1) is 9.13.